The lowest BCUT2D eigenvalue weighted by Crippen LogP contribution is -2.38. The molecule has 1 atom stereocenters. The quantitative estimate of drug-likeness (QED) is 0.521. The van der Waals surface area contributed by atoms with E-state index in [-0.39, 0.29) is 0 Å². The molecule has 25 heavy (non-hydrogen) atoms. The lowest BCUT2D eigenvalue weighted by Gasteiger charge is -2.31. The highest BCUT2D eigenvalue weighted by Gasteiger charge is 2.18. The van der Waals surface area contributed by atoms with Crippen LogP contribution >= 0.6 is 23.8 Å². The first-order chi connectivity index (χ1) is 12.2. The molecule has 0 aliphatic heterocycles. The summed E-state index contributed by atoms with van der Waals surface area (Å²) in [5.74, 6) is 0.646. The Kier molecular flexibility index (Phi) is 6.48. The van der Waals surface area contributed by atoms with Crippen molar-refractivity contribution in [2.24, 2.45) is 5.92 Å². The van der Waals surface area contributed by atoms with Crippen LogP contribution in [0, 0.1) is 5.92 Å². The van der Waals surface area contributed by atoms with Crippen molar-refractivity contribution < 1.29 is 0 Å². The molecular formula is C21H23ClN2S. The van der Waals surface area contributed by atoms with E-state index in [4.69, 9.17) is 23.8 Å². The van der Waals surface area contributed by atoms with Crippen molar-refractivity contribution in [2.45, 2.75) is 25.8 Å². The standard InChI is InChI=1S/C21H23ClN2S/c22-19-12-7-13-20(14-19)23-21(25)24(15-17-8-3-1-4-9-17)16-18-10-5-2-6-11-18/h1-5,7-9,12-14,18H,6,10-11,15-16H2,(H,23,25)/t18-/m0/s1. The molecule has 0 saturated carbocycles. The third kappa shape index (κ3) is 5.58. The highest BCUT2D eigenvalue weighted by Crippen LogP contribution is 2.22. The van der Waals surface area contributed by atoms with Crippen LogP contribution in [0.3, 0.4) is 0 Å². The molecule has 0 unspecified atom stereocenters. The molecule has 1 N–H and O–H groups in total. The molecule has 2 aromatic rings. The molecule has 0 saturated heterocycles. The summed E-state index contributed by atoms with van der Waals surface area (Å²) in [7, 11) is 0. The third-order valence-corrected chi connectivity index (χ3v) is 5.03. The van der Waals surface area contributed by atoms with Gasteiger partial charge in [-0.25, -0.2) is 0 Å². The van der Waals surface area contributed by atoms with Gasteiger partial charge in [0.05, 0.1) is 0 Å². The monoisotopic (exact) mass is 370 g/mol. The lowest BCUT2D eigenvalue weighted by atomic mass is 9.94. The molecule has 2 aromatic carbocycles. The smallest absolute Gasteiger partial charge is 0.173 e. The minimum atomic E-state index is 0.646. The number of benzene rings is 2. The van der Waals surface area contributed by atoms with Gasteiger partial charge in [0.15, 0.2) is 5.11 Å². The number of anilines is 1. The van der Waals surface area contributed by atoms with Crippen LogP contribution in [0.5, 0.6) is 0 Å². The van der Waals surface area contributed by atoms with E-state index in [0.717, 1.165) is 30.3 Å². The Labute approximate surface area is 160 Å². The first-order valence-electron chi connectivity index (χ1n) is 8.71. The molecule has 0 aromatic heterocycles. The van der Waals surface area contributed by atoms with E-state index in [2.05, 4.69) is 46.6 Å². The van der Waals surface area contributed by atoms with Crippen molar-refractivity contribution >= 4 is 34.6 Å². The molecule has 2 nitrogen and oxygen atoms in total. The van der Waals surface area contributed by atoms with Gasteiger partial charge in [-0.15, -0.1) is 0 Å². The summed E-state index contributed by atoms with van der Waals surface area (Å²) < 4.78 is 0. The lowest BCUT2D eigenvalue weighted by molar-refractivity contribution is 0.319. The molecular weight excluding hydrogens is 348 g/mol. The van der Waals surface area contributed by atoms with Crippen molar-refractivity contribution in [3.63, 3.8) is 0 Å². The van der Waals surface area contributed by atoms with Crippen LogP contribution in [-0.4, -0.2) is 16.6 Å². The average Bonchev–Trinajstić information content (AvgIpc) is 2.63. The molecule has 0 fully saturated rings. The van der Waals surface area contributed by atoms with Crippen LogP contribution in [0.1, 0.15) is 24.8 Å². The topological polar surface area (TPSA) is 15.3 Å². The number of hydrogen-bond acceptors (Lipinski definition) is 1. The second-order valence-electron chi connectivity index (χ2n) is 6.46. The molecule has 1 aliphatic rings. The van der Waals surface area contributed by atoms with E-state index in [1.54, 1.807) is 0 Å². The molecule has 0 heterocycles. The highest BCUT2D eigenvalue weighted by molar-refractivity contribution is 7.80. The minimum Gasteiger partial charge on any atom is -0.344 e. The van der Waals surface area contributed by atoms with Crippen LogP contribution in [0.25, 0.3) is 0 Å². The summed E-state index contributed by atoms with van der Waals surface area (Å²) in [6.45, 7) is 1.78. The second kappa shape index (κ2) is 9.02. The van der Waals surface area contributed by atoms with Gasteiger partial charge in [-0.1, -0.05) is 60.2 Å². The molecule has 0 radical (unpaired) electrons. The first kappa shape index (κ1) is 18.0. The highest BCUT2D eigenvalue weighted by atomic mass is 35.5. The van der Waals surface area contributed by atoms with Crippen LogP contribution < -0.4 is 5.32 Å². The number of halogens is 1. The maximum Gasteiger partial charge on any atom is 0.173 e. The van der Waals surface area contributed by atoms with Gasteiger partial charge in [0, 0.05) is 23.8 Å². The van der Waals surface area contributed by atoms with E-state index in [1.165, 1.54) is 18.4 Å². The van der Waals surface area contributed by atoms with Gasteiger partial charge < -0.3 is 10.2 Å². The zero-order valence-electron chi connectivity index (χ0n) is 14.2. The van der Waals surface area contributed by atoms with Crippen molar-refractivity contribution in [3.05, 3.63) is 77.3 Å². The Balaban J connectivity index is 1.71. The zero-order chi connectivity index (χ0) is 17.5. The van der Waals surface area contributed by atoms with Crippen molar-refractivity contribution in [3.8, 4) is 0 Å². The van der Waals surface area contributed by atoms with Crippen molar-refractivity contribution in [2.75, 3.05) is 11.9 Å². The van der Waals surface area contributed by atoms with E-state index in [0.29, 0.717) is 10.9 Å². The number of hydrogen-bond donors (Lipinski definition) is 1. The largest absolute Gasteiger partial charge is 0.344 e. The average molecular weight is 371 g/mol. The van der Waals surface area contributed by atoms with Gasteiger partial charge in [0.25, 0.3) is 0 Å². The van der Waals surface area contributed by atoms with Gasteiger partial charge >= 0.3 is 0 Å². The maximum absolute atomic E-state index is 6.09. The predicted octanol–water partition coefficient (Wildman–Crippen LogP) is 5.90. The van der Waals surface area contributed by atoms with Crippen molar-refractivity contribution in [1.82, 2.24) is 4.90 Å². The summed E-state index contributed by atoms with van der Waals surface area (Å²) in [5, 5.41) is 4.81. The molecule has 130 valence electrons. The third-order valence-electron chi connectivity index (χ3n) is 4.44. The van der Waals surface area contributed by atoms with Crippen LogP contribution in [0.2, 0.25) is 5.02 Å². The summed E-state index contributed by atoms with van der Waals surface area (Å²) in [5.41, 5.74) is 2.20. The fourth-order valence-electron chi connectivity index (χ4n) is 3.13. The van der Waals surface area contributed by atoms with E-state index >= 15 is 0 Å². The molecule has 4 heteroatoms. The normalized spacial score (nSPS) is 16.4. The fourth-order valence-corrected chi connectivity index (χ4v) is 3.57. The first-order valence-corrected chi connectivity index (χ1v) is 9.50. The number of thiocarbonyl (C=S) groups is 1. The van der Waals surface area contributed by atoms with Gasteiger partial charge in [-0.3, -0.25) is 0 Å². The van der Waals surface area contributed by atoms with Crippen LogP contribution in [-0.2, 0) is 6.54 Å². The summed E-state index contributed by atoms with van der Waals surface area (Å²) in [6, 6.07) is 18.2. The fraction of sp³-hybridized carbons (Fsp3) is 0.286. The molecule has 0 spiro atoms. The van der Waals surface area contributed by atoms with Gasteiger partial charge in [0.1, 0.15) is 0 Å². The van der Waals surface area contributed by atoms with Gasteiger partial charge in [-0.2, -0.15) is 0 Å². The Morgan fingerprint density at radius 1 is 1.12 bits per heavy atom. The number of allylic oxidation sites excluding steroid dienone is 2. The van der Waals surface area contributed by atoms with Gasteiger partial charge in [0.2, 0.25) is 0 Å². The Morgan fingerprint density at radius 3 is 2.68 bits per heavy atom. The maximum atomic E-state index is 6.09. The predicted molar refractivity (Wildman–Crippen MR) is 111 cm³/mol. The van der Waals surface area contributed by atoms with E-state index in [1.807, 2.05) is 30.3 Å². The molecule has 3 rings (SSSR count). The van der Waals surface area contributed by atoms with Crippen LogP contribution in [0.4, 0.5) is 5.69 Å². The molecule has 0 amide bonds. The Bertz CT molecular complexity index is 730. The summed E-state index contributed by atoms with van der Waals surface area (Å²) in [6.07, 6.45) is 8.09. The van der Waals surface area contributed by atoms with E-state index < -0.39 is 0 Å². The zero-order valence-corrected chi connectivity index (χ0v) is 15.8. The van der Waals surface area contributed by atoms with Crippen molar-refractivity contribution in [1.29, 1.82) is 0 Å². The number of rotatable bonds is 5. The second-order valence-corrected chi connectivity index (χ2v) is 7.28. The summed E-state index contributed by atoms with van der Waals surface area (Å²) in [4.78, 5) is 2.27. The Morgan fingerprint density at radius 2 is 1.96 bits per heavy atom. The molecule has 1 aliphatic carbocycles. The molecule has 0 bridgehead atoms. The Hall–Kier alpha value is -1.84. The summed E-state index contributed by atoms with van der Waals surface area (Å²) >= 11 is 11.8. The van der Waals surface area contributed by atoms with Crippen LogP contribution in [0.15, 0.2) is 66.7 Å². The number of nitrogens with zero attached hydrogens (tertiary/aromatic N) is 1. The SMILES string of the molecule is S=C(Nc1cccc(Cl)c1)N(Cc1ccccc1)C[C@H]1CC=CCC1. The van der Waals surface area contributed by atoms with Gasteiger partial charge in [-0.05, 0) is 61.2 Å². The van der Waals surface area contributed by atoms with E-state index in [9.17, 15) is 0 Å². The minimum absolute atomic E-state index is 0.646. The number of nitrogens with one attached hydrogen (secondary N) is 1.